The van der Waals surface area contributed by atoms with E-state index in [1.54, 1.807) is 0 Å². The van der Waals surface area contributed by atoms with Gasteiger partial charge in [-0.1, -0.05) is 0 Å². The van der Waals surface area contributed by atoms with Gasteiger partial charge >= 0.3 is 5.69 Å². The van der Waals surface area contributed by atoms with Gasteiger partial charge in [0.1, 0.15) is 6.20 Å². The zero-order valence-corrected chi connectivity index (χ0v) is 9.09. The van der Waals surface area contributed by atoms with Crippen molar-refractivity contribution in [2.24, 2.45) is 0 Å². The van der Waals surface area contributed by atoms with Crippen molar-refractivity contribution in [3.8, 4) is 0 Å². The lowest BCUT2D eigenvalue weighted by molar-refractivity contribution is -0.384. The van der Waals surface area contributed by atoms with E-state index in [0.717, 1.165) is 25.5 Å². The van der Waals surface area contributed by atoms with Crippen LogP contribution in [-0.4, -0.2) is 32.1 Å². The van der Waals surface area contributed by atoms with E-state index in [4.69, 9.17) is 5.73 Å². The fraction of sp³-hybridized carbons (Fsp3) is 0.556. The molecule has 0 atom stereocenters. The molecule has 8 nitrogen and oxygen atoms in total. The van der Waals surface area contributed by atoms with Gasteiger partial charge in [-0.15, -0.1) is 0 Å². The Morgan fingerprint density at radius 2 is 2.35 bits per heavy atom. The third-order valence-electron chi connectivity index (χ3n) is 2.98. The van der Waals surface area contributed by atoms with Crippen LogP contribution in [0.15, 0.2) is 6.20 Å². The number of nitrogens with one attached hydrogen (secondary N) is 1. The van der Waals surface area contributed by atoms with Crippen LogP contribution in [0.1, 0.15) is 19.3 Å². The number of nitrogen functional groups attached to an aromatic ring is 1. The van der Waals surface area contributed by atoms with E-state index in [-0.39, 0.29) is 24.1 Å². The number of rotatable bonds is 4. The van der Waals surface area contributed by atoms with Gasteiger partial charge in [0, 0.05) is 0 Å². The lowest BCUT2D eigenvalue weighted by Crippen LogP contribution is -2.48. The first kappa shape index (κ1) is 11.5. The fourth-order valence-corrected chi connectivity index (χ4v) is 1.79. The zero-order valence-electron chi connectivity index (χ0n) is 9.09. The maximum Gasteiger partial charge on any atom is 0.329 e. The summed E-state index contributed by atoms with van der Waals surface area (Å²) in [6.07, 6.45) is 3.55. The highest BCUT2D eigenvalue weighted by Gasteiger charge is 2.38. The third kappa shape index (κ3) is 2.11. The number of hydrogen-bond acceptors (Lipinski definition) is 7. The molecule has 0 bridgehead atoms. The second-order valence-corrected chi connectivity index (χ2v) is 4.14. The predicted molar refractivity (Wildman–Crippen MR) is 60.4 cm³/mol. The molecule has 92 valence electrons. The van der Waals surface area contributed by atoms with Crippen molar-refractivity contribution in [2.45, 2.75) is 24.8 Å². The minimum absolute atomic E-state index is 0.0366. The first-order valence-corrected chi connectivity index (χ1v) is 5.22. The van der Waals surface area contributed by atoms with Gasteiger partial charge in [0.15, 0.2) is 0 Å². The second kappa shape index (κ2) is 4.13. The molecule has 4 N–H and O–H groups in total. The normalized spacial score (nSPS) is 17.2. The lowest BCUT2D eigenvalue weighted by atomic mass is 9.77. The summed E-state index contributed by atoms with van der Waals surface area (Å²) in [6.45, 7) is -0.0892. The van der Waals surface area contributed by atoms with E-state index >= 15 is 0 Å². The molecule has 0 aromatic carbocycles. The Hall–Kier alpha value is -1.96. The Morgan fingerprint density at radius 3 is 2.82 bits per heavy atom. The van der Waals surface area contributed by atoms with Crippen LogP contribution in [0.4, 0.5) is 17.5 Å². The van der Waals surface area contributed by atoms with Gasteiger partial charge in [-0.05, 0) is 19.3 Å². The van der Waals surface area contributed by atoms with Crippen LogP contribution in [0.25, 0.3) is 0 Å². The minimum atomic E-state index is -0.578. The average molecular weight is 239 g/mol. The first-order valence-electron chi connectivity index (χ1n) is 5.22. The largest absolute Gasteiger partial charge is 0.394 e. The molecule has 1 saturated carbocycles. The molecule has 1 aliphatic rings. The van der Waals surface area contributed by atoms with Gasteiger partial charge in [0.05, 0.1) is 17.1 Å². The summed E-state index contributed by atoms with van der Waals surface area (Å²) in [5, 5.41) is 23.0. The molecule has 0 amide bonds. The van der Waals surface area contributed by atoms with E-state index in [1.165, 1.54) is 0 Å². The molecule has 1 aromatic rings. The topological polar surface area (TPSA) is 127 Å². The highest BCUT2D eigenvalue weighted by atomic mass is 16.6. The van der Waals surface area contributed by atoms with E-state index < -0.39 is 10.5 Å². The van der Waals surface area contributed by atoms with Gasteiger partial charge in [0.2, 0.25) is 11.8 Å². The summed E-state index contributed by atoms with van der Waals surface area (Å²) in [7, 11) is 0. The number of nitrogens with zero attached hydrogens (tertiary/aromatic N) is 3. The van der Waals surface area contributed by atoms with E-state index in [0.29, 0.717) is 0 Å². The number of aliphatic hydroxyl groups is 1. The summed E-state index contributed by atoms with van der Waals surface area (Å²) in [4.78, 5) is 17.6. The van der Waals surface area contributed by atoms with Crippen molar-refractivity contribution in [3.05, 3.63) is 16.3 Å². The van der Waals surface area contributed by atoms with Crippen molar-refractivity contribution in [1.82, 2.24) is 9.97 Å². The highest BCUT2D eigenvalue weighted by Crippen LogP contribution is 2.36. The average Bonchev–Trinajstić information content (AvgIpc) is 2.23. The van der Waals surface area contributed by atoms with Crippen LogP contribution in [0.3, 0.4) is 0 Å². The van der Waals surface area contributed by atoms with E-state index in [1.807, 2.05) is 0 Å². The standard InChI is InChI=1S/C9H13N5O3/c10-8-11-4-6(14(16)17)7(12-8)13-9(5-15)2-1-3-9/h4,15H,1-3,5H2,(H3,10,11,12,13). The van der Waals surface area contributed by atoms with Crippen molar-refractivity contribution >= 4 is 17.5 Å². The molecular weight excluding hydrogens is 226 g/mol. The van der Waals surface area contributed by atoms with Crippen LogP contribution in [0, 0.1) is 10.1 Å². The van der Waals surface area contributed by atoms with Crippen LogP contribution in [0.5, 0.6) is 0 Å². The summed E-state index contributed by atoms with van der Waals surface area (Å²) >= 11 is 0. The number of aromatic nitrogens is 2. The summed E-state index contributed by atoms with van der Waals surface area (Å²) < 4.78 is 0. The number of aliphatic hydroxyl groups excluding tert-OH is 1. The zero-order chi connectivity index (χ0) is 12.5. The monoisotopic (exact) mass is 239 g/mol. The summed E-state index contributed by atoms with van der Waals surface area (Å²) in [5.74, 6) is 0.0294. The number of anilines is 2. The molecule has 17 heavy (non-hydrogen) atoms. The van der Waals surface area contributed by atoms with E-state index in [9.17, 15) is 15.2 Å². The molecule has 8 heteroatoms. The van der Waals surface area contributed by atoms with Crippen molar-refractivity contribution in [1.29, 1.82) is 0 Å². The molecule has 0 radical (unpaired) electrons. The van der Waals surface area contributed by atoms with Gasteiger partial charge in [-0.25, -0.2) is 4.98 Å². The Balaban J connectivity index is 2.30. The maximum absolute atomic E-state index is 10.8. The van der Waals surface area contributed by atoms with Crippen molar-refractivity contribution < 1.29 is 10.0 Å². The Bertz CT molecular complexity index is 441. The van der Waals surface area contributed by atoms with Gasteiger partial charge < -0.3 is 16.2 Å². The second-order valence-electron chi connectivity index (χ2n) is 4.14. The summed E-state index contributed by atoms with van der Waals surface area (Å²) in [6, 6.07) is 0. The smallest absolute Gasteiger partial charge is 0.329 e. The highest BCUT2D eigenvalue weighted by molar-refractivity contribution is 5.58. The van der Waals surface area contributed by atoms with Crippen molar-refractivity contribution in [2.75, 3.05) is 17.7 Å². The van der Waals surface area contributed by atoms with Gasteiger partial charge in [-0.3, -0.25) is 10.1 Å². The van der Waals surface area contributed by atoms with Crippen LogP contribution < -0.4 is 11.1 Å². The molecule has 0 aliphatic heterocycles. The molecule has 1 aliphatic carbocycles. The molecule has 1 heterocycles. The molecule has 1 fully saturated rings. The fourth-order valence-electron chi connectivity index (χ4n) is 1.79. The van der Waals surface area contributed by atoms with Crippen molar-refractivity contribution in [3.63, 3.8) is 0 Å². The molecule has 0 spiro atoms. The lowest BCUT2D eigenvalue weighted by Gasteiger charge is -2.41. The Morgan fingerprint density at radius 1 is 1.65 bits per heavy atom. The van der Waals surface area contributed by atoms with Gasteiger partial charge in [-0.2, -0.15) is 4.98 Å². The number of nitrogens with two attached hydrogens (primary N) is 1. The number of nitro groups is 1. The van der Waals surface area contributed by atoms with Crippen LogP contribution >= 0.6 is 0 Å². The summed E-state index contributed by atoms with van der Waals surface area (Å²) in [5.41, 5.74) is 4.65. The minimum Gasteiger partial charge on any atom is -0.394 e. The molecule has 0 saturated heterocycles. The van der Waals surface area contributed by atoms with E-state index in [2.05, 4.69) is 15.3 Å². The molecule has 2 rings (SSSR count). The number of hydrogen-bond donors (Lipinski definition) is 3. The van der Waals surface area contributed by atoms with Gasteiger partial charge in [0.25, 0.3) is 0 Å². The molecular formula is C9H13N5O3. The van der Waals surface area contributed by atoms with Crippen LogP contribution in [0.2, 0.25) is 0 Å². The predicted octanol–water partition coefficient (Wildman–Crippen LogP) is 0.294. The third-order valence-corrected chi connectivity index (χ3v) is 2.98. The molecule has 1 aromatic heterocycles. The Labute approximate surface area is 97.0 Å². The molecule has 0 unspecified atom stereocenters. The van der Waals surface area contributed by atoms with Crippen LogP contribution in [-0.2, 0) is 0 Å². The first-order chi connectivity index (χ1) is 8.06. The SMILES string of the molecule is Nc1ncc([N+](=O)[O-])c(NC2(CO)CCC2)n1. The quantitative estimate of drug-likeness (QED) is 0.509. The Kier molecular flexibility index (Phi) is 2.80. The maximum atomic E-state index is 10.8.